The van der Waals surface area contributed by atoms with Crippen molar-refractivity contribution in [1.29, 1.82) is 0 Å². The normalized spacial score (nSPS) is 25.8. The first-order chi connectivity index (χ1) is 12.3. The number of nitrogens with one attached hydrogen (secondary N) is 1. The van der Waals surface area contributed by atoms with E-state index in [4.69, 9.17) is 11.6 Å². The second-order valence-corrected chi connectivity index (χ2v) is 6.38. The molecule has 1 N–H and O–H groups in total. The molecule has 158 valence electrons. The summed E-state index contributed by atoms with van der Waals surface area (Å²) in [6.07, 6.45) is 0. The topological polar surface area (TPSA) is 29.1 Å². The molecule has 0 unspecified atom stereocenters. The van der Waals surface area contributed by atoms with E-state index in [1.54, 1.807) is 0 Å². The maximum atomic E-state index is 14.5. The summed E-state index contributed by atoms with van der Waals surface area (Å²) in [5.41, 5.74) is -7.49. The number of carbonyl (C=O) groups is 1. The molecular formula is C14H7ClF11NO. The number of aryl methyl sites for hydroxylation is 1. The lowest BCUT2D eigenvalue weighted by Crippen LogP contribution is -2.86. The van der Waals surface area contributed by atoms with E-state index in [2.05, 4.69) is 0 Å². The molecule has 1 amide bonds. The summed E-state index contributed by atoms with van der Waals surface area (Å²) < 4.78 is 149. The van der Waals surface area contributed by atoms with Crippen LogP contribution in [0.15, 0.2) is 18.2 Å². The Labute approximate surface area is 153 Å². The fourth-order valence-electron chi connectivity index (χ4n) is 2.45. The van der Waals surface area contributed by atoms with Crippen molar-refractivity contribution in [3.05, 3.63) is 28.8 Å². The fourth-order valence-corrected chi connectivity index (χ4v) is 2.61. The Bertz CT molecular complexity index is 794. The van der Waals surface area contributed by atoms with Gasteiger partial charge in [-0.05, 0) is 24.6 Å². The predicted octanol–water partition coefficient (Wildman–Crippen LogP) is 5.49. The van der Waals surface area contributed by atoms with Crippen LogP contribution in [-0.2, 0) is 4.79 Å². The Kier molecular flexibility index (Phi) is 4.71. The van der Waals surface area contributed by atoms with Crippen molar-refractivity contribution in [2.75, 3.05) is 5.32 Å². The quantitative estimate of drug-likeness (QED) is 0.595. The second kappa shape index (κ2) is 5.86. The van der Waals surface area contributed by atoms with Crippen LogP contribution in [0, 0.1) is 6.92 Å². The third-order valence-electron chi connectivity index (χ3n) is 4.13. The van der Waals surface area contributed by atoms with Crippen molar-refractivity contribution in [3.63, 3.8) is 0 Å². The Hall–Kier alpha value is -1.79. The van der Waals surface area contributed by atoms with Gasteiger partial charge in [0.05, 0.1) is 10.7 Å². The number of benzene rings is 1. The number of rotatable bonds is 2. The molecule has 0 aliphatic heterocycles. The van der Waals surface area contributed by atoms with Crippen molar-refractivity contribution in [2.45, 2.75) is 42.2 Å². The van der Waals surface area contributed by atoms with Crippen molar-refractivity contribution in [1.82, 2.24) is 0 Å². The van der Waals surface area contributed by atoms with Gasteiger partial charge in [-0.15, -0.1) is 0 Å². The van der Waals surface area contributed by atoms with Gasteiger partial charge in [-0.1, -0.05) is 17.7 Å². The molecule has 1 saturated carbocycles. The van der Waals surface area contributed by atoms with Gasteiger partial charge in [0.15, 0.2) is 0 Å². The third kappa shape index (κ3) is 2.31. The highest BCUT2D eigenvalue weighted by Crippen LogP contribution is 2.69. The van der Waals surface area contributed by atoms with E-state index >= 15 is 0 Å². The van der Waals surface area contributed by atoms with Crippen LogP contribution in [0.1, 0.15) is 5.56 Å². The summed E-state index contributed by atoms with van der Waals surface area (Å²) in [5.74, 6) is -40.0. The molecule has 1 aromatic carbocycles. The molecule has 1 fully saturated rings. The largest absolute Gasteiger partial charge is 0.384 e. The first-order valence-electron chi connectivity index (χ1n) is 6.96. The molecule has 1 aromatic rings. The van der Waals surface area contributed by atoms with Crippen molar-refractivity contribution < 1.29 is 53.1 Å². The third-order valence-corrected chi connectivity index (χ3v) is 4.46. The summed E-state index contributed by atoms with van der Waals surface area (Å²) in [4.78, 5) is 11.8. The first-order valence-corrected chi connectivity index (χ1v) is 7.34. The first kappa shape index (κ1) is 22.5. The average molecular weight is 450 g/mol. The summed E-state index contributed by atoms with van der Waals surface area (Å²) >= 11 is 5.50. The fraction of sp³-hybridized carbons (Fsp3) is 0.500. The van der Waals surface area contributed by atoms with Crippen molar-refractivity contribution >= 4 is 23.2 Å². The molecule has 0 radical (unpaired) electrons. The zero-order valence-corrected chi connectivity index (χ0v) is 13.9. The van der Waals surface area contributed by atoms with E-state index in [0.29, 0.717) is 0 Å². The number of hydrogen-bond acceptors (Lipinski definition) is 1. The molecule has 0 bridgehead atoms. The molecular weight excluding hydrogens is 443 g/mol. The second-order valence-electron chi connectivity index (χ2n) is 5.97. The summed E-state index contributed by atoms with van der Waals surface area (Å²) in [7, 11) is 0. The maximum absolute atomic E-state index is 14.5. The minimum Gasteiger partial charge on any atom is -0.322 e. The molecule has 0 saturated heterocycles. The molecule has 14 heteroatoms. The highest BCUT2D eigenvalue weighted by Gasteiger charge is 3.02. The van der Waals surface area contributed by atoms with Crippen molar-refractivity contribution in [3.8, 4) is 0 Å². The maximum Gasteiger partial charge on any atom is 0.384 e. The van der Waals surface area contributed by atoms with Crippen LogP contribution in [-0.4, -0.2) is 41.2 Å². The molecule has 0 heterocycles. The molecule has 0 atom stereocenters. The molecule has 2 rings (SSSR count). The van der Waals surface area contributed by atoms with Crippen LogP contribution in [0.25, 0.3) is 0 Å². The van der Waals surface area contributed by atoms with Gasteiger partial charge in [0, 0.05) is 0 Å². The molecule has 2 nitrogen and oxygen atoms in total. The molecule has 1 aliphatic rings. The van der Waals surface area contributed by atoms with E-state index in [1.807, 2.05) is 0 Å². The van der Waals surface area contributed by atoms with Gasteiger partial charge >= 0.3 is 35.3 Å². The van der Waals surface area contributed by atoms with Gasteiger partial charge in [0.25, 0.3) is 5.91 Å². The van der Waals surface area contributed by atoms with E-state index < -0.39 is 51.9 Å². The average Bonchev–Trinajstić information content (AvgIpc) is 2.55. The lowest BCUT2D eigenvalue weighted by atomic mass is 9.71. The monoisotopic (exact) mass is 449 g/mol. The van der Waals surface area contributed by atoms with E-state index in [-0.39, 0.29) is 5.56 Å². The smallest absolute Gasteiger partial charge is 0.322 e. The van der Waals surface area contributed by atoms with Gasteiger partial charge in [-0.2, -0.15) is 43.9 Å². The SMILES string of the molecule is Cc1ccc(Cl)c(NC(=O)C2(F)C(F)(F)C(F)(F)C(F)(F)C(F)(F)C2(F)F)c1. The number of hydrogen-bond donors (Lipinski definition) is 1. The summed E-state index contributed by atoms with van der Waals surface area (Å²) in [6, 6.07) is 2.94. The molecule has 1 aliphatic carbocycles. The van der Waals surface area contributed by atoms with Crippen LogP contribution in [0.5, 0.6) is 0 Å². The van der Waals surface area contributed by atoms with Gasteiger partial charge in [0.1, 0.15) is 0 Å². The van der Waals surface area contributed by atoms with E-state index in [9.17, 15) is 53.1 Å². The number of halogens is 12. The predicted molar refractivity (Wildman–Crippen MR) is 73.4 cm³/mol. The molecule has 28 heavy (non-hydrogen) atoms. The zero-order chi connectivity index (χ0) is 22.1. The van der Waals surface area contributed by atoms with Gasteiger partial charge < -0.3 is 5.32 Å². The Morgan fingerprint density at radius 2 is 1.18 bits per heavy atom. The van der Waals surface area contributed by atoms with Crippen LogP contribution in [0.2, 0.25) is 5.02 Å². The Morgan fingerprint density at radius 3 is 1.61 bits per heavy atom. The number of amides is 1. The van der Waals surface area contributed by atoms with Crippen LogP contribution >= 0.6 is 11.6 Å². The van der Waals surface area contributed by atoms with E-state index in [1.165, 1.54) is 13.0 Å². The van der Waals surface area contributed by atoms with Crippen LogP contribution in [0.3, 0.4) is 0 Å². The lowest BCUT2D eigenvalue weighted by Gasteiger charge is -2.51. The highest BCUT2D eigenvalue weighted by atomic mass is 35.5. The Morgan fingerprint density at radius 1 is 0.786 bits per heavy atom. The number of carbonyl (C=O) groups excluding carboxylic acids is 1. The molecule has 0 spiro atoms. The van der Waals surface area contributed by atoms with Gasteiger partial charge in [-0.25, -0.2) is 4.39 Å². The minimum absolute atomic E-state index is 0.164. The molecule has 0 aromatic heterocycles. The lowest BCUT2D eigenvalue weighted by molar-refractivity contribution is -0.475. The number of anilines is 1. The number of alkyl halides is 11. The highest BCUT2D eigenvalue weighted by molar-refractivity contribution is 6.33. The summed E-state index contributed by atoms with van der Waals surface area (Å²) in [5, 5.41) is 0.355. The van der Waals surface area contributed by atoms with Gasteiger partial charge in [0.2, 0.25) is 0 Å². The minimum atomic E-state index is -7.39. The van der Waals surface area contributed by atoms with E-state index in [0.717, 1.165) is 17.4 Å². The zero-order valence-electron chi connectivity index (χ0n) is 13.2. The van der Waals surface area contributed by atoms with Crippen molar-refractivity contribution in [2.24, 2.45) is 0 Å². The summed E-state index contributed by atoms with van der Waals surface area (Å²) in [6.45, 7) is 1.28. The standard InChI is InChI=1S/C14H7ClF11NO/c1-5-2-3-6(15)7(4-5)27-8(28)9(16)10(17,18)12(21,22)14(25,26)13(23,24)11(9,19)20/h2-4H,1H3,(H,27,28). The Balaban J connectivity index is 2.71. The van der Waals surface area contributed by atoms with Gasteiger partial charge in [-0.3, -0.25) is 4.79 Å². The van der Waals surface area contributed by atoms with Crippen LogP contribution in [0.4, 0.5) is 54.0 Å². The van der Waals surface area contributed by atoms with Crippen LogP contribution < -0.4 is 5.32 Å².